The van der Waals surface area contributed by atoms with Crippen molar-refractivity contribution in [3.63, 3.8) is 0 Å². The Labute approximate surface area is 61.9 Å². The maximum atomic E-state index is 5.01. The van der Waals surface area contributed by atoms with Gasteiger partial charge in [0.1, 0.15) is 0 Å². The van der Waals surface area contributed by atoms with Crippen LogP contribution in [0.5, 0.6) is 0 Å². The Kier molecular flexibility index (Phi) is 8.14. The molecular weight excluding hydrogens is 153 g/mol. The fraction of sp³-hybridized carbons (Fsp3) is 1.00. The Hall–Kier alpha value is 0.583. The van der Waals surface area contributed by atoms with Crippen LogP contribution >= 0.6 is 0 Å². The fourth-order valence-electron chi connectivity index (χ4n) is 0.631. The first-order chi connectivity index (χ1) is 3.91. The molecule has 0 bridgehead atoms. The van der Waals surface area contributed by atoms with Gasteiger partial charge < -0.3 is 0 Å². The van der Waals surface area contributed by atoms with Gasteiger partial charge >= 0.3 is 61.4 Å². The van der Waals surface area contributed by atoms with Gasteiger partial charge in [0.05, 0.1) is 0 Å². The van der Waals surface area contributed by atoms with Crippen LogP contribution in [0.3, 0.4) is 0 Å². The molecule has 0 aliphatic rings. The maximum absolute atomic E-state index is 5.01. The minimum absolute atomic E-state index is 0.986. The molecule has 1 nitrogen and oxygen atoms in total. The summed E-state index contributed by atoms with van der Waals surface area (Å²) in [4.78, 5) is 0. The zero-order valence-electron chi connectivity index (χ0n) is 5.65. The molecule has 0 fully saturated rings. The van der Waals surface area contributed by atoms with Crippen molar-refractivity contribution in [1.29, 1.82) is 0 Å². The van der Waals surface area contributed by atoms with Crippen LogP contribution in [0.15, 0.2) is 0 Å². The van der Waals surface area contributed by atoms with Crippen molar-refractivity contribution in [2.75, 3.05) is 6.61 Å². The van der Waals surface area contributed by atoms with E-state index < -0.39 is 0 Å². The van der Waals surface area contributed by atoms with Crippen molar-refractivity contribution in [1.82, 2.24) is 0 Å². The summed E-state index contributed by atoms with van der Waals surface area (Å²) in [5, 5.41) is 0. The molecule has 0 atom stereocenters. The number of unbranched alkanes of at least 4 members (excludes halogenated alkanes) is 3. The molecule has 0 amide bonds. The van der Waals surface area contributed by atoms with Gasteiger partial charge in [-0.05, 0) is 0 Å². The van der Waals surface area contributed by atoms with E-state index in [1.165, 1.54) is 25.7 Å². The Bertz CT molecular complexity index is 33.5. The summed E-state index contributed by atoms with van der Waals surface area (Å²) in [5.74, 6) is 0. The Morgan fingerprint density at radius 2 is 2.00 bits per heavy atom. The summed E-state index contributed by atoms with van der Waals surface area (Å²) >= 11 is 0.992. The molecule has 8 heavy (non-hydrogen) atoms. The van der Waals surface area contributed by atoms with Gasteiger partial charge in [-0.1, -0.05) is 0 Å². The summed E-state index contributed by atoms with van der Waals surface area (Å²) in [6.07, 6.45) is 5.29. The van der Waals surface area contributed by atoms with Gasteiger partial charge in [0.25, 0.3) is 0 Å². The molecule has 0 radical (unpaired) electrons. The molecule has 45 valence electrons. The van der Waals surface area contributed by atoms with Crippen molar-refractivity contribution in [2.45, 2.75) is 32.6 Å². The summed E-state index contributed by atoms with van der Waals surface area (Å²) < 4.78 is 5.01. The molecule has 0 saturated heterocycles. The van der Waals surface area contributed by atoms with Crippen molar-refractivity contribution in [2.24, 2.45) is 0 Å². The van der Waals surface area contributed by atoms with Crippen molar-refractivity contribution in [3.8, 4) is 0 Å². The van der Waals surface area contributed by atoms with Crippen LogP contribution in [0.1, 0.15) is 32.6 Å². The van der Waals surface area contributed by atoms with E-state index in [0.717, 1.165) is 25.3 Å². The molecule has 0 aromatic heterocycles. The first-order valence-corrected chi connectivity index (χ1v) is 4.50. The first kappa shape index (κ1) is 8.58. The van der Waals surface area contributed by atoms with E-state index >= 15 is 0 Å². The van der Waals surface area contributed by atoms with E-state index in [0.29, 0.717) is 0 Å². The van der Waals surface area contributed by atoms with Crippen LogP contribution < -0.4 is 0 Å². The number of rotatable bonds is 5. The predicted molar refractivity (Wildman–Crippen MR) is 30.1 cm³/mol. The third kappa shape index (κ3) is 6.58. The van der Waals surface area contributed by atoms with E-state index in [2.05, 4.69) is 6.92 Å². The topological polar surface area (TPSA) is 9.23 Å². The van der Waals surface area contributed by atoms with Gasteiger partial charge in [0, 0.05) is 0 Å². The van der Waals surface area contributed by atoms with Crippen LogP contribution in [0.25, 0.3) is 0 Å². The Balaban J connectivity index is 2.53. The molecule has 0 heterocycles. The summed E-state index contributed by atoms with van der Waals surface area (Å²) in [7, 11) is 0. The molecule has 0 aliphatic heterocycles. The van der Waals surface area contributed by atoms with E-state index in [1.807, 2.05) is 0 Å². The standard InChI is InChI=1S/C6H13O.Zn/c1-2-3-4-5-6-7;/h2-6H2,1H3;/q-1;+1. The van der Waals surface area contributed by atoms with Gasteiger partial charge in [-0.3, -0.25) is 0 Å². The molecule has 0 saturated carbocycles. The minimum atomic E-state index is 0.986. The average molecular weight is 167 g/mol. The summed E-state index contributed by atoms with van der Waals surface area (Å²) in [6, 6.07) is 0. The van der Waals surface area contributed by atoms with E-state index in [-0.39, 0.29) is 0 Å². The van der Waals surface area contributed by atoms with Gasteiger partial charge in [0.2, 0.25) is 0 Å². The molecule has 0 spiro atoms. The zero-order valence-corrected chi connectivity index (χ0v) is 8.62. The van der Waals surface area contributed by atoms with Gasteiger partial charge in [-0.15, -0.1) is 0 Å². The molecule has 0 rings (SSSR count). The number of hydrogen-bond acceptors (Lipinski definition) is 1. The first-order valence-electron chi connectivity index (χ1n) is 3.28. The molecule has 0 aromatic rings. The van der Waals surface area contributed by atoms with Crippen LogP contribution in [0.4, 0.5) is 0 Å². The van der Waals surface area contributed by atoms with Crippen molar-refractivity contribution in [3.05, 3.63) is 0 Å². The predicted octanol–water partition coefficient (Wildman–Crippen LogP) is 2.05. The second-order valence-corrected chi connectivity index (χ2v) is 2.83. The van der Waals surface area contributed by atoms with Gasteiger partial charge in [-0.2, -0.15) is 0 Å². The Morgan fingerprint density at radius 1 is 1.25 bits per heavy atom. The van der Waals surface area contributed by atoms with E-state index in [9.17, 15) is 0 Å². The van der Waals surface area contributed by atoms with Crippen LogP contribution in [-0.4, -0.2) is 6.61 Å². The molecule has 0 unspecified atom stereocenters. The van der Waals surface area contributed by atoms with Crippen LogP contribution in [0.2, 0.25) is 0 Å². The monoisotopic (exact) mass is 165 g/mol. The second kappa shape index (κ2) is 7.58. The molecule has 0 N–H and O–H groups in total. The van der Waals surface area contributed by atoms with Crippen LogP contribution in [0, 0.1) is 0 Å². The molecule has 0 aliphatic carbocycles. The quantitative estimate of drug-likeness (QED) is 0.449. The normalized spacial score (nSPS) is 9.88. The van der Waals surface area contributed by atoms with Crippen molar-refractivity contribution < 1.29 is 22.2 Å². The number of hydrogen-bond donors (Lipinski definition) is 0. The van der Waals surface area contributed by atoms with Gasteiger partial charge in [0.15, 0.2) is 0 Å². The summed E-state index contributed by atoms with van der Waals surface area (Å²) in [5.41, 5.74) is 0. The Morgan fingerprint density at radius 3 is 2.50 bits per heavy atom. The van der Waals surface area contributed by atoms with E-state index in [4.69, 9.17) is 3.56 Å². The SMILES string of the molecule is CCCCCC[O][Zn]. The average Bonchev–Trinajstić information content (AvgIpc) is 1.81. The second-order valence-electron chi connectivity index (χ2n) is 1.97. The molecule has 2 heteroatoms. The molecular formula is C6H13OZn. The molecule has 0 aromatic carbocycles. The fourth-order valence-corrected chi connectivity index (χ4v) is 1.06. The van der Waals surface area contributed by atoms with Gasteiger partial charge in [-0.25, -0.2) is 0 Å². The van der Waals surface area contributed by atoms with Crippen molar-refractivity contribution >= 4 is 0 Å². The van der Waals surface area contributed by atoms with E-state index in [1.54, 1.807) is 0 Å². The zero-order chi connectivity index (χ0) is 6.24. The third-order valence-corrected chi connectivity index (χ3v) is 1.75. The third-order valence-electron chi connectivity index (χ3n) is 1.14. The summed E-state index contributed by atoms with van der Waals surface area (Å²) in [6.45, 7) is 3.21. The van der Waals surface area contributed by atoms with Crippen LogP contribution in [-0.2, 0) is 22.2 Å².